The summed E-state index contributed by atoms with van der Waals surface area (Å²) in [6.07, 6.45) is 0.979. The number of ether oxygens (including phenoxy) is 2. The summed E-state index contributed by atoms with van der Waals surface area (Å²) >= 11 is 11.5. The van der Waals surface area contributed by atoms with Gasteiger partial charge in [-0.1, -0.05) is 30.1 Å². The molecule has 0 radical (unpaired) electrons. The Kier molecular flexibility index (Phi) is 9.47. The van der Waals surface area contributed by atoms with E-state index in [0.717, 1.165) is 18.7 Å². The Morgan fingerprint density at radius 1 is 0.963 bits per heavy atom. The van der Waals surface area contributed by atoms with Crippen LogP contribution in [0.25, 0.3) is 0 Å². The number of benzene rings is 2. The highest BCUT2D eigenvalue weighted by molar-refractivity contribution is 6.31. The number of nitrogens with one attached hydrogen (secondary N) is 1. The molecule has 0 aliphatic rings. The molecule has 146 valence electrons. The third-order valence-electron chi connectivity index (χ3n) is 3.37. The second kappa shape index (κ2) is 11.3. The van der Waals surface area contributed by atoms with E-state index in [4.69, 9.17) is 28.9 Å². The third-order valence-corrected chi connectivity index (χ3v) is 3.84. The molecule has 2 rings (SSSR count). The van der Waals surface area contributed by atoms with Crippen molar-refractivity contribution in [2.24, 2.45) is 0 Å². The first-order chi connectivity index (χ1) is 12.8. The molecule has 6 nitrogen and oxygen atoms in total. The van der Waals surface area contributed by atoms with E-state index in [1.165, 1.54) is 26.4 Å². The molecule has 8 heteroatoms. The van der Waals surface area contributed by atoms with Crippen molar-refractivity contribution >= 4 is 46.5 Å². The Morgan fingerprint density at radius 2 is 1.48 bits per heavy atom. The topological polar surface area (TPSA) is 90.6 Å². The number of hydrogen-bond donors (Lipinski definition) is 2. The molecule has 0 amide bonds. The van der Waals surface area contributed by atoms with Crippen LogP contribution in [0, 0.1) is 0 Å². The number of anilines is 2. The van der Waals surface area contributed by atoms with E-state index in [2.05, 4.69) is 21.7 Å². The number of hydrogen-bond acceptors (Lipinski definition) is 6. The lowest BCUT2D eigenvalue weighted by Crippen LogP contribution is -2.08. The van der Waals surface area contributed by atoms with Crippen LogP contribution < -0.4 is 11.1 Å². The third kappa shape index (κ3) is 7.00. The summed E-state index contributed by atoms with van der Waals surface area (Å²) in [5.74, 6) is -0.811. The smallest absolute Gasteiger partial charge is 0.339 e. The van der Waals surface area contributed by atoms with Gasteiger partial charge in [0.2, 0.25) is 0 Å². The van der Waals surface area contributed by atoms with Crippen LogP contribution in [0.4, 0.5) is 11.4 Å². The van der Waals surface area contributed by atoms with Crippen LogP contribution >= 0.6 is 23.2 Å². The lowest BCUT2D eigenvalue weighted by molar-refractivity contribution is 0.0593. The van der Waals surface area contributed by atoms with Crippen molar-refractivity contribution in [3.8, 4) is 0 Å². The van der Waals surface area contributed by atoms with Crippen LogP contribution in [0.2, 0.25) is 10.0 Å². The Morgan fingerprint density at radius 3 is 2.00 bits per heavy atom. The SMILES string of the molecule is CCCNc1cc(Cl)ccc1C(=O)OC.COC(=O)c1ccc(Cl)cc1N. The zero-order chi connectivity index (χ0) is 20.4. The van der Waals surface area contributed by atoms with Gasteiger partial charge in [-0.25, -0.2) is 9.59 Å². The fourth-order valence-corrected chi connectivity index (χ4v) is 2.39. The van der Waals surface area contributed by atoms with E-state index in [-0.39, 0.29) is 5.97 Å². The van der Waals surface area contributed by atoms with Crippen molar-refractivity contribution in [1.82, 2.24) is 0 Å². The van der Waals surface area contributed by atoms with E-state index in [9.17, 15) is 9.59 Å². The molecule has 3 N–H and O–H groups in total. The molecular weight excluding hydrogens is 391 g/mol. The minimum atomic E-state index is -0.454. The van der Waals surface area contributed by atoms with E-state index in [1.54, 1.807) is 24.3 Å². The molecule has 27 heavy (non-hydrogen) atoms. The predicted octanol–water partition coefficient (Wildman–Crippen LogP) is 4.66. The van der Waals surface area contributed by atoms with Crippen LogP contribution in [0.5, 0.6) is 0 Å². The number of esters is 2. The average Bonchev–Trinajstić information content (AvgIpc) is 2.65. The number of nitrogens with two attached hydrogens (primary N) is 1. The van der Waals surface area contributed by atoms with Crippen molar-refractivity contribution < 1.29 is 19.1 Å². The largest absolute Gasteiger partial charge is 0.465 e. The second-order valence-electron chi connectivity index (χ2n) is 5.33. The van der Waals surface area contributed by atoms with Crippen LogP contribution in [-0.2, 0) is 9.47 Å². The number of methoxy groups -OCH3 is 2. The van der Waals surface area contributed by atoms with Gasteiger partial charge in [-0.05, 0) is 42.8 Å². The number of rotatable bonds is 5. The zero-order valence-electron chi connectivity index (χ0n) is 15.3. The molecule has 0 saturated carbocycles. The first-order valence-electron chi connectivity index (χ1n) is 8.09. The summed E-state index contributed by atoms with van der Waals surface area (Å²) in [6.45, 7) is 2.85. The maximum Gasteiger partial charge on any atom is 0.339 e. The van der Waals surface area contributed by atoms with Crippen molar-refractivity contribution in [3.63, 3.8) is 0 Å². The molecule has 0 spiro atoms. The highest BCUT2D eigenvalue weighted by Gasteiger charge is 2.11. The van der Waals surface area contributed by atoms with Gasteiger partial charge < -0.3 is 20.5 Å². The average molecular weight is 413 g/mol. The van der Waals surface area contributed by atoms with E-state index >= 15 is 0 Å². The van der Waals surface area contributed by atoms with Crippen LogP contribution in [0.3, 0.4) is 0 Å². The number of carbonyl (C=O) groups is 2. The normalized spacial score (nSPS) is 9.67. The van der Waals surface area contributed by atoms with Crippen LogP contribution in [-0.4, -0.2) is 32.7 Å². The van der Waals surface area contributed by atoms with E-state index in [0.29, 0.717) is 26.9 Å². The molecule has 0 unspecified atom stereocenters. The lowest BCUT2D eigenvalue weighted by atomic mass is 10.2. The summed E-state index contributed by atoms with van der Waals surface area (Å²) in [5.41, 5.74) is 7.40. The molecule has 0 aliphatic carbocycles. The molecular formula is C19H22Cl2N2O4. The Hall–Kier alpha value is -2.44. The summed E-state index contributed by atoms with van der Waals surface area (Å²) < 4.78 is 9.17. The van der Waals surface area contributed by atoms with E-state index in [1.807, 2.05) is 0 Å². The molecule has 0 atom stereocenters. The number of nitrogen functional groups attached to an aromatic ring is 1. The minimum absolute atomic E-state index is 0.328. The zero-order valence-corrected chi connectivity index (χ0v) is 16.9. The fraction of sp³-hybridized carbons (Fsp3) is 0.263. The molecule has 0 heterocycles. The summed E-state index contributed by atoms with van der Waals surface area (Å²) in [7, 11) is 2.66. The highest BCUT2D eigenvalue weighted by Crippen LogP contribution is 2.22. The van der Waals surface area contributed by atoms with Gasteiger partial charge in [0.05, 0.1) is 31.0 Å². The number of carbonyl (C=O) groups excluding carboxylic acids is 2. The summed E-state index contributed by atoms with van der Waals surface area (Å²) in [4.78, 5) is 22.4. The van der Waals surface area contributed by atoms with Crippen molar-refractivity contribution in [1.29, 1.82) is 0 Å². The van der Waals surface area contributed by atoms with Gasteiger partial charge in [0.25, 0.3) is 0 Å². The molecule has 2 aromatic carbocycles. The van der Waals surface area contributed by atoms with Gasteiger partial charge >= 0.3 is 11.9 Å². The Bertz CT molecular complexity index is 797. The molecule has 2 aromatic rings. The van der Waals surface area contributed by atoms with Crippen LogP contribution in [0.1, 0.15) is 34.1 Å². The summed E-state index contributed by atoms with van der Waals surface area (Å²) in [6, 6.07) is 9.68. The van der Waals surface area contributed by atoms with Gasteiger partial charge in [0.1, 0.15) is 0 Å². The molecule has 0 fully saturated rings. The van der Waals surface area contributed by atoms with Gasteiger partial charge in [-0.15, -0.1) is 0 Å². The van der Waals surface area contributed by atoms with Gasteiger partial charge in [-0.2, -0.15) is 0 Å². The Labute approximate surface area is 168 Å². The van der Waals surface area contributed by atoms with Crippen LogP contribution in [0.15, 0.2) is 36.4 Å². The maximum absolute atomic E-state index is 11.4. The molecule has 0 bridgehead atoms. The second-order valence-corrected chi connectivity index (χ2v) is 6.20. The van der Waals surface area contributed by atoms with Gasteiger partial charge in [0, 0.05) is 22.3 Å². The van der Waals surface area contributed by atoms with E-state index < -0.39 is 5.97 Å². The van der Waals surface area contributed by atoms with Gasteiger partial charge in [-0.3, -0.25) is 0 Å². The lowest BCUT2D eigenvalue weighted by Gasteiger charge is -2.10. The molecule has 0 aliphatic heterocycles. The summed E-state index contributed by atoms with van der Waals surface area (Å²) in [5, 5.41) is 4.23. The van der Waals surface area contributed by atoms with Crippen molar-refractivity contribution in [2.75, 3.05) is 31.8 Å². The quantitative estimate of drug-likeness (QED) is 0.548. The molecule has 0 aromatic heterocycles. The first kappa shape index (κ1) is 22.6. The molecule has 0 saturated heterocycles. The predicted molar refractivity (Wildman–Crippen MR) is 109 cm³/mol. The number of halogens is 2. The maximum atomic E-state index is 11.4. The van der Waals surface area contributed by atoms with Gasteiger partial charge in [0.15, 0.2) is 0 Å². The minimum Gasteiger partial charge on any atom is -0.465 e. The first-order valence-corrected chi connectivity index (χ1v) is 8.84. The Balaban J connectivity index is 0.000000277. The van der Waals surface area contributed by atoms with Crippen molar-refractivity contribution in [3.05, 3.63) is 57.6 Å². The highest BCUT2D eigenvalue weighted by atomic mass is 35.5. The monoisotopic (exact) mass is 412 g/mol. The fourth-order valence-electron chi connectivity index (χ4n) is 2.04. The standard InChI is InChI=1S/C11H14ClNO2.C8H8ClNO2/c1-3-6-13-10-7-8(12)4-5-9(10)11(14)15-2;1-12-8(11)6-3-2-5(9)4-7(6)10/h4-5,7,13H,3,6H2,1-2H3;2-4H,10H2,1H3. The van der Waals surface area contributed by atoms with Crippen molar-refractivity contribution in [2.45, 2.75) is 13.3 Å².